The molecule has 2 aliphatic heterocycles. The van der Waals surface area contributed by atoms with Crippen LogP contribution in [-0.2, 0) is 10.0 Å². The van der Waals surface area contributed by atoms with Gasteiger partial charge in [-0.1, -0.05) is 22.9 Å². The lowest BCUT2D eigenvalue weighted by molar-refractivity contribution is 0.257. The first-order valence-electron chi connectivity index (χ1n) is 6.85. The van der Waals surface area contributed by atoms with Gasteiger partial charge in [0, 0.05) is 19.1 Å². The Morgan fingerprint density at radius 1 is 1.30 bits per heavy atom. The average molecular weight is 336 g/mol. The average Bonchev–Trinajstić information content (AvgIpc) is 2.90. The van der Waals surface area contributed by atoms with Crippen molar-refractivity contribution in [2.75, 3.05) is 26.2 Å². The molecule has 3 rings (SSSR count). The van der Waals surface area contributed by atoms with Crippen LogP contribution in [0, 0.1) is 6.92 Å². The van der Waals surface area contributed by atoms with Gasteiger partial charge in [-0.05, 0) is 39.3 Å². The SMILES string of the molecule is Cc1nc(Cl)sc1S(=O)(=O)N1CCCN2CCCC2C1. The molecule has 1 atom stereocenters. The monoisotopic (exact) mass is 335 g/mol. The van der Waals surface area contributed by atoms with Gasteiger partial charge in [-0.25, -0.2) is 13.4 Å². The number of thiazole rings is 1. The van der Waals surface area contributed by atoms with E-state index < -0.39 is 10.0 Å². The Labute approximate surface area is 128 Å². The smallest absolute Gasteiger partial charge is 0.254 e. The van der Waals surface area contributed by atoms with Gasteiger partial charge in [-0.2, -0.15) is 4.31 Å². The van der Waals surface area contributed by atoms with E-state index in [1.54, 1.807) is 11.2 Å². The van der Waals surface area contributed by atoms with Crippen LogP contribution in [0.5, 0.6) is 0 Å². The van der Waals surface area contributed by atoms with Crippen LogP contribution in [0.25, 0.3) is 0 Å². The first-order valence-corrected chi connectivity index (χ1v) is 9.49. The second-order valence-electron chi connectivity index (χ2n) is 5.39. The first-order chi connectivity index (χ1) is 9.48. The van der Waals surface area contributed by atoms with Gasteiger partial charge in [0.05, 0.1) is 5.69 Å². The minimum absolute atomic E-state index is 0.290. The molecule has 20 heavy (non-hydrogen) atoms. The van der Waals surface area contributed by atoms with Crippen LogP contribution in [-0.4, -0.2) is 54.8 Å². The van der Waals surface area contributed by atoms with Crippen molar-refractivity contribution in [3.63, 3.8) is 0 Å². The van der Waals surface area contributed by atoms with Crippen LogP contribution in [0.1, 0.15) is 25.0 Å². The molecule has 2 aliphatic rings. The lowest BCUT2D eigenvalue weighted by Gasteiger charge is -2.24. The Bertz CT molecular complexity index is 602. The van der Waals surface area contributed by atoms with Crippen LogP contribution in [0.3, 0.4) is 0 Å². The molecule has 2 fully saturated rings. The van der Waals surface area contributed by atoms with Crippen LogP contribution >= 0.6 is 22.9 Å². The first kappa shape index (κ1) is 14.7. The largest absolute Gasteiger partial charge is 0.299 e. The normalized spacial score (nSPS) is 25.6. The van der Waals surface area contributed by atoms with Gasteiger partial charge in [0.1, 0.15) is 0 Å². The predicted molar refractivity (Wildman–Crippen MR) is 79.8 cm³/mol. The van der Waals surface area contributed by atoms with E-state index in [-0.39, 0.29) is 0 Å². The van der Waals surface area contributed by atoms with E-state index in [1.807, 2.05) is 0 Å². The summed E-state index contributed by atoms with van der Waals surface area (Å²) in [6.45, 7) is 4.99. The molecule has 0 N–H and O–H groups in total. The number of rotatable bonds is 2. The molecule has 0 aromatic carbocycles. The molecular weight excluding hydrogens is 318 g/mol. The van der Waals surface area contributed by atoms with Crippen molar-refractivity contribution in [3.8, 4) is 0 Å². The number of hydrogen-bond donors (Lipinski definition) is 0. The minimum atomic E-state index is -3.46. The van der Waals surface area contributed by atoms with E-state index in [0.29, 0.717) is 33.5 Å². The molecule has 0 aliphatic carbocycles. The number of sulfonamides is 1. The van der Waals surface area contributed by atoms with E-state index in [2.05, 4.69) is 9.88 Å². The summed E-state index contributed by atoms with van der Waals surface area (Å²) in [5, 5.41) is 0. The topological polar surface area (TPSA) is 53.5 Å². The number of halogens is 1. The fourth-order valence-electron chi connectivity index (χ4n) is 3.10. The Morgan fingerprint density at radius 3 is 2.75 bits per heavy atom. The Hall–Kier alpha value is -0.210. The fourth-order valence-corrected chi connectivity index (χ4v) is 6.49. The van der Waals surface area contributed by atoms with Gasteiger partial charge >= 0.3 is 0 Å². The fraction of sp³-hybridized carbons (Fsp3) is 0.750. The highest BCUT2D eigenvalue weighted by molar-refractivity contribution is 7.91. The zero-order valence-electron chi connectivity index (χ0n) is 11.4. The highest BCUT2D eigenvalue weighted by Gasteiger charge is 2.35. The van der Waals surface area contributed by atoms with E-state index in [1.165, 1.54) is 6.42 Å². The van der Waals surface area contributed by atoms with Crippen molar-refractivity contribution in [2.45, 2.75) is 36.4 Å². The molecule has 0 radical (unpaired) electrons. The molecular formula is C12H18ClN3O2S2. The predicted octanol–water partition coefficient (Wildman–Crippen LogP) is 1.96. The lowest BCUT2D eigenvalue weighted by Crippen LogP contribution is -2.39. The van der Waals surface area contributed by atoms with E-state index in [9.17, 15) is 8.42 Å². The number of fused-ring (bicyclic) bond motifs is 1. The summed E-state index contributed by atoms with van der Waals surface area (Å²) in [7, 11) is -3.46. The molecule has 0 spiro atoms. The molecule has 0 amide bonds. The maximum atomic E-state index is 12.8. The standard InChI is InChI=1S/C12H18ClN3O2S2/c1-9-11(19-12(13)14-9)20(17,18)16-7-3-6-15-5-2-4-10(15)8-16/h10H,2-8H2,1H3. The third kappa shape index (κ3) is 2.62. The zero-order valence-corrected chi connectivity index (χ0v) is 13.8. The van der Waals surface area contributed by atoms with Crippen LogP contribution in [0.2, 0.25) is 4.47 Å². The summed E-state index contributed by atoms with van der Waals surface area (Å²) in [5.41, 5.74) is 0.507. The Balaban J connectivity index is 1.88. The van der Waals surface area contributed by atoms with Gasteiger partial charge in [0.15, 0.2) is 8.68 Å². The van der Waals surface area contributed by atoms with Gasteiger partial charge in [0.25, 0.3) is 10.0 Å². The maximum absolute atomic E-state index is 12.8. The van der Waals surface area contributed by atoms with Crippen molar-refractivity contribution < 1.29 is 8.42 Å². The zero-order chi connectivity index (χ0) is 14.3. The third-order valence-electron chi connectivity index (χ3n) is 4.07. The van der Waals surface area contributed by atoms with E-state index >= 15 is 0 Å². The molecule has 8 heteroatoms. The molecule has 0 saturated carbocycles. The van der Waals surface area contributed by atoms with Crippen LogP contribution < -0.4 is 0 Å². The Morgan fingerprint density at radius 2 is 2.05 bits per heavy atom. The van der Waals surface area contributed by atoms with E-state index in [4.69, 9.17) is 11.6 Å². The highest BCUT2D eigenvalue weighted by Crippen LogP contribution is 2.31. The van der Waals surface area contributed by atoms with Crippen molar-refractivity contribution in [1.82, 2.24) is 14.2 Å². The van der Waals surface area contributed by atoms with Crippen molar-refractivity contribution in [2.24, 2.45) is 0 Å². The molecule has 2 saturated heterocycles. The number of aromatic nitrogens is 1. The van der Waals surface area contributed by atoms with Gasteiger partial charge in [-0.15, -0.1) is 0 Å². The minimum Gasteiger partial charge on any atom is -0.299 e. The highest BCUT2D eigenvalue weighted by atomic mass is 35.5. The lowest BCUT2D eigenvalue weighted by atomic mass is 10.2. The second-order valence-corrected chi connectivity index (χ2v) is 9.10. The summed E-state index contributed by atoms with van der Waals surface area (Å²) in [4.78, 5) is 6.45. The molecule has 112 valence electrons. The molecule has 1 aromatic rings. The van der Waals surface area contributed by atoms with Crippen molar-refractivity contribution in [1.29, 1.82) is 0 Å². The molecule has 0 bridgehead atoms. The number of hydrogen-bond acceptors (Lipinski definition) is 5. The molecule has 1 aromatic heterocycles. The summed E-state index contributed by atoms with van der Waals surface area (Å²) >= 11 is 6.91. The summed E-state index contributed by atoms with van der Waals surface area (Å²) in [5.74, 6) is 0. The van der Waals surface area contributed by atoms with Gasteiger partial charge in [0.2, 0.25) is 0 Å². The van der Waals surface area contributed by atoms with Crippen molar-refractivity contribution in [3.05, 3.63) is 10.2 Å². The number of nitrogens with zero attached hydrogens (tertiary/aromatic N) is 3. The van der Waals surface area contributed by atoms with Gasteiger partial charge < -0.3 is 0 Å². The molecule has 3 heterocycles. The van der Waals surface area contributed by atoms with Crippen LogP contribution in [0.4, 0.5) is 0 Å². The third-order valence-corrected chi connectivity index (χ3v) is 7.78. The Kier molecular flexibility index (Phi) is 4.07. The van der Waals surface area contributed by atoms with Crippen LogP contribution in [0.15, 0.2) is 4.21 Å². The summed E-state index contributed by atoms with van der Waals surface area (Å²) < 4.78 is 27.8. The summed E-state index contributed by atoms with van der Waals surface area (Å²) in [6, 6.07) is 0.371. The quantitative estimate of drug-likeness (QED) is 0.829. The van der Waals surface area contributed by atoms with E-state index in [0.717, 1.165) is 37.3 Å². The number of aryl methyl sites for hydroxylation is 1. The van der Waals surface area contributed by atoms with Gasteiger partial charge in [-0.3, -0.25) is 4.90 Å². The van der Waals surface area contributed by atoms with Crippen molar-refractivity contribution >= 4 is 33.0 Å². The molecule has 5 nitrogen and oxygen atoms in total. The maximum Gasteiger partial charge on any atom is 0.254 e. The molecule has 1 unspecified atom stereocenters. The summed E-state index contributed by atoms with van der Waals surface area (Å²) in [6.07, 6.45) is 3.15. The second kappa shape index (κ2) is 5.53.